The third-order valence-electron chi connectivity index (χ3n) is 9.11. The van der Waals surface area contributed by atoms with E-state index >= 15 is 0 Å². The molecular formula is C57H49Ir2N9-4. The van der Waals surface area contributed by atoms with E-state index in [0.29, 0.717) is 17.2 Å². The maximum atomic E-state index is 7.47. The number of aromatic nitrogens is 9. The molecule has 11 heteroatoms. The van der Waals surface area contributed by atoms with Crippen molar-refractivity contribution in [1.82, 2.24) is 44.9 Å². The van der Waals surface area contributed by atoms with Gasteiger partial charge in [0, 0.05) is 101 Å². The van der Waals surface area contributed by atoms with Crippen LogP contribution < -0.4 is 0 Å². The van der Waals surface area contributed by atoms with Crippen LogP contribution in [0.4, 0.5) is 0 Å². The number of benzene rings is 4. The molecule has 0 spiro atoms. The first kappa shape index (κ1) is 41.1. The molecule has 0 atom stereocenters. The Bertz CT molecular complexity index is 3250. The van der Waals surface area contributed by atoms with Crippen LogP contribution in [0.5, 0.6) is 0 Å². The Hall–Kier alpha value is -7.13. The minimum absolute atomic E-state index is 0. The normalized spacial score (nSPS) is 12.3. The number of hydrogen-bond donors (Lipinski definition) is 0. The molecule has 0 fully saturated rings. The number of pyridine rings is 4. The predicted octanol–water partition coefficient (Wildman–Crippen LogP) is 12.7. The van der Waals surface area contributed by atoms with Gasteiger partial charge >= 0.3 is 0 Å². The van der Waals surface area contributed by atoms with E-state index in [4.69, 9.17) is 12.3 Å². The Labute approximate surface area is 440 Å². The van der Waals surface area contributed by atoms with Gasteiger partial charge in [-0.3, -0.25) is 0 Å². The maximum absolute atomic E-state index is 7.47. The fraction of sp³-hybridized carbons (Fsp3) is 0.105. The van der Waals surface area contributed by atoms with E-state index in [9.17, 15) is 0 Å². The van der Waals surface area contributed by atoms with Crippen LogP contribution in [0, 0.1) is 58.7 Å². The first-order valence-electron chi connectivity index (χ1n) is 24.7. The summed E-state index contributed by atoms with van der Waals surface area (Å²) in [5, 5.41) is 0. The van der Waals surface area contributed by atoms with Crippen molar-refractivity contribution < 1.29 is 52.5 Å². The molecule has 344 valence electrons. The van der Waals surface area contributed by atoms with Crippen molar-refractivity contribution in [2.24, 2.45) is 0 Å². The van der Waals surface area contributed by atoms with Crippen LogP contribution >= 0.6 is 0 Å². The number of nitrogens with zero attached hydrogens (tertiary/aromatic N) is 9. The van der Waals surface area contributed by atoms with Crippen LogP contribution in [0.15, 0.2) is 183 Å². The molecule has 0 unspecified atom stereocenters. The van der Waals surface area contributed by atoms with Crippen LogP contribution in [-0.4, -0.2) is 44.9 Å². The molecule has 10 rings (SSSR count). The van der Waals surface area contributed by atoms with Crippen molar-refractivity contribution in [3.05, 3.63) is 236 Å². The van der Waals surface area contributed by atoms with Gasteiger partial charge in [-0.25, -0.2) is 24.9 Å². The molecule has 6 heterocycles. The fourth-order valence-electron chi connectivity index (χ4n) is 5.94. The van der Waals surface area contributed by atoms with Gasteiger partial charge < -0.3 is 19.9 Å². The zero-order chi connectivity index (χ0) is 52.7. The van der Waals surface area contributed by atoms with Crippen molar-refractivity contribution in [1.29, 1.82) is 0 Å². The van der Waals surface area contributed by atoms with E-state index in [1.54, 1.807) is 61.8 Å². The molecule has 6 aromatic heterocycles. The monoisotopic (exact) mass is 1250 g/mol. The van der Waals surface area contributed by atoms with Crippen molar-refractivity contribution in [3.63, 3.8) is 0 Å². The van der Waals surface area contributed by atoms with E-state index in [1.165, 1.54) is 12.4 Å². The zero-order valence-electron chi connectivity index (χ0n) is 45.0. The number of rotatable bonds is 6. The topological polar surface area (TPSA) is 116 Å². The summed E-state index contributed by atoms with van der Waals surface area (Å²) in [6.45, 7) is -3.03. The summed E-state index contributed by atoms with van der Waals surface area (Å²) in [6.07, 6.45) is 9.88. The van der Waals surface area contributed by atoms with Gasteiger partial charge in [-0.15, -0.1) is 144 Å². The van der Waals surface area contributed by atoms with Gasteiger partial charge in [0.05, 0.1) is 0 Å². The molecule has 0 saturated heterocycles. The molecule has 0 saturated carbocycles. The standard InChI is InChI=1S/C16H13N4.C16H12N3.2C12H10N.CH4.2Ir/c1-11-18-12(2)20-16(19-11)14-8-9-17-15(10-14)13-6-4-3-5-7-13;1-12-18-10-15(11-19-12)14-7-8-17-16(9-14)13-5-3-2-4-6-13;2*1-10-7-8-12(13-9-10)11-5-3-2-4-6-11;;;/h3-6,8-10H,1-2H3;2-5,7-11H,1H3;2*2-5,7-9H,1H3;1H4;;/q4*-1;;;/i1D3;;2*1D3;;;. The summed E-state index contributed by atoms with van der Waals surface area (Å²) in [6, 6.07) is 56.7. The Morgan fingerprint density at radius 2 is 0.824 bits per heavy atom. The molecule has 0 N–H and O–H groups in total. The van der Waals surface area contributed by atoms with Gasteiger partial charge in [0.2, 0.25) is 0 Å². The molecule has 0 aliphatic carbocycles. The largest absolute Gasteiger partial charge is 0.305 e. The molecule has 0 bridgehead atoms. The van der Waals surface area contributed by atoms with Crippen molar-refractivity contribution in [3.8, 4) is 67.5 Å². The first-order chi connectivity index (χ1) is 35.4. The molecule has 0 amide bonds. The van der Waals surface area contributed by atoms with Crippen molar-refractivity contribution in [2.75, 3.05) is 0 Å². The Balaban J connectivity index is 0.000000221. The van der Waals surface area contributed by atoms with E-state index in [2.05, 4.69) is 69.1 Å². The van der Waals surface area contributed by atoms with E-state index in [0.717, 1.165) is 62.0 Å². The van der Waals surface area contributed by atoms with Gasteiger partial charge in [-0.05, 0) is 86.0 Å². The average molecular weight is 1250 g/mol. The van der Waals surface area contributed by atoms with Crippen LogP contribution in [0.1, 0.15) is 48.4 Å². The van der Waals surface area contributed by atoms with Gasteiger partial charge in [0.25, 0.3) is 0 Å². The second kappa shape index (κ2) is 27.5. The Kier molecular flexibility index (Phi) is 16.6. The van der Waals surface area contributed by atoms with E-state index in [1.807, 2.05) is 122 Å². The Morgan fingerprint density at radius 1 is 0.382 bits per heavy atom. The van der Waals surface area contributed by atoms with Crippen LogP contribution in [0.3, 0.4) is 0 Å². The maximum Gasteiger partial charge on any atom is 0.162 e. The van der Waals surface area contributed by atoms with Crippen LogP contribution in [0.25, 0.3) is 67.5 Å². The summed E-state index contributed by atoms with van der Waals surface area (Å²) in [4.78, 5) is 37.6. The molecule has 2 radical (unpaired) electrons. The van der Waals surface area contributed by atoms with Crippen LogP contribution in [0.2, 0.25) is 0 Å². The van der Waals surface area contributed by atoms with Crippen molar-refractivity contribution >= 4 is 0 Å². The summed E-state index contributed by atoms with van der Waals surface area (Å²) in [5.41, 5.74) is 9.88. The molecule has 4 aromatic carbocycles. The SMILES string of the molecule is C.Cc1ncc(-c2ccnc(-c3[c-]cccc3)c2)cn1.[2H]C([2H])([2H])c1ccc(-c2[c-]cccc2)nc1.[2H]C([2H])([2H])c1ccc(-c2[c-]cccc2)nc1.[2H]C([2H])([2H])c1nc(C)nc(-c2ccnc(-c3[c-]cccc3)c2)n1.[Ir].[Ir]. The third kappa shape index (κ3) is 16.0. The molecular weight excluding hydrogens is 1200 g/mol. The molecule has 10 aromatic rings. The summed E-state index contributed by atoms with van der Waals surface area (Å²) < 4.78 is 65.8. The van der Waals surface area contributed by atoms with Gasteiger partial charge in [-0.2, -0.15) is 0 Å². The van der Waals surface area contributed by atoms with Gasteiger partial charge in [-0.1, -0.05) is 43.8 Å². The number of aryl methyl sites for hydroxylation is 5. The first-order valence-corrected chi connectivity index (χ1v) is 20.2. The number of hydrogen-bond acceptors (Lipinski definition) is 9. The van der Waals surface area contributed by atoms with E-state index < -0.39 is 20.6 Å². The van der Waals surface area contributed by atoms with Crippen LogP contribution in [-0.2, 0) is 40.2 Å². The summed E-state index contributed by atoms with van der Waals surface area (Å²) in [5.74, 6) is 1.26. The van der Waals surface area contributed by atoms with Gasteiger partial charge in [0.1, 0.15) is 17.5 Å². The summed E-state index contributed by atoms with van der Waals surface area (Å²) >= 11 is 0. The van der Waals surface area contributed by atoms with Crippen molar-refractivity contribution in [2.45, 2.75) is 41.8 Å². The predicted molar refractivity (Wildman–Crippen MR) is 264 cm³/mol. The summed E-state index contributed by atoms with van der Waals surface area (Å²) in [7, 11) is 0. The zero-order valence-corrected chi connectivity index (χ0v) is 40.8. The van der Waals surface area contributed by atoms with Gasteiger partial charge in [0.15, 0.2) is 5.82 Å². The third-order valence-corrected chi connectivity index (χ3v) is 9.11. The second-order valence-electron chi connectivity index (χ2n) is 13.9. The fourth-order valence-corrected chi connectivity index (χ4v) is 5.94. The molecule has 0 aliphatic rings. The Morgan fingerprint density at radius 3 is 1.24 bits per heavy atom. The molecule has 9 nitrogen and oxygen atoms in total. The molecule has 68 heavy (non-hydrogen) atoms. The smallest absolute Gasteiger partial charge is 0.162 e. The minimum Gasteiger partial charge on any atom is -0.305 e. The second-order valence-corrected chi connectivity index (χ2v) is 13.9. The average Bonchev–Trinajstić information content (AvgIpc) is 3.42. The quantitative estimate of drug-likeness (QED) is 0.150. The minimum atomic E-state index is -2.37. The molecule has 0 aliphatic heterocycles. The van der Waals surface area contributed by atoms with E-state index in [-0.39, 0.29) is 64.6 Å².